The van der Waals surface area contributed by atoms with Crippen molar-refractivity contribution in [1.29, 1.82) is 0 Å². The summed E-state index contributed by atoms with van der Waals surface area (Å²) in [5.41, 5.74) is 2.70. The van der Waals surface area contributed by atoms with Gasteiger partial charge in [-0.2, -0.15) is 0 Å². The standard InChI is InChI=1S/C21H21ClN2O3/c1-14(8-9-15-6-4-3-5-7-15)23-20-18(21(25)26-2)19(24-27-20)16-10-12-17(22)13-11-16/h3-7,10-14,23H,8-9H2,1-2H3. The third kappa shape index (κ3) is 4.68. The Hall–Kier alpha value is -2.79. The number of halogens is 1. The van der Waals surface area contributed by atoms with Crippen molar-refractivity contribution in [1.82, 2.24) is 5.16 Å². The van der Waals surface area contributed by atoms with Crippen LogP contribution in [0.15, 0.2) is 59.1 Å². The number of ether oxygens (including phenoxy) is 1. The Bertz CT molecular complexity index is 892. The molecule has 1 heterocycles. The predicted molar refractivity (Wildman–Crippen MR) is 106 cm³/mol. The molecular weight excluding hydrogens is 364 g/mol. The van der Waals surface area contributed by atoms with Gasteiger partial charge in [-0.15, -0.1) is 0 Å². The maximum Gasteiger partial charge on any atom is 0.345 e. The molecule has 0 bridgehead atoms. The number of methoxy groups -OCH3 is 1. The van der Waals surface area contributed by atoms with Crippen LogP contribution in [0.25, 0.3) is 11.3 Å². The molecule has 0 radical (unpaired) electrons. The van der Waals surface area contributed by atoms with Crippen molar-refractivity contribution in [2.24, 2.45) is 0 Å². The zero-order chi connectivity index (χ0) is 19.2. The van der Waals surface area contributed by atoms with Crippen molar-refractivity contribution < 1.29 is 14.1 Å². The first kappa shape index (κ1) is 19.0. The second-order valence-corrected chi connectivity index (χ2v) is 6.74. The quantitative estimate of drug-likeness (QED) is 0.566. The van der Waals surface area contributed by atoms with Crippen LogP contribution in [0.3, 0.4) is 0 Å². The number of carbonyl (C=O) groups is 1. The molecule has 0 aliphatic heterocycles. The van der Waals surface area contributed by atoms with Crippen LogP contribution < -0.4 is 5.32 Å². The molecule has 140 valence electrons. The molecule has 1 aromatic heterocycles. The van der Waals surface area contributed by atoms with Gasteiger partial charge < -0.3 is 14.6 Å². The Morgan fingerprint density at radius 2 is 1.89 bits per heavy atom. The minimum Gasteiger partial charge on any atom is -0.465 e. The molecule has 3 aromatic rings. The van der Waals surface area contributed by atoms with Crippen LogP contribution in [0, 0.1) is 0 Å². The van der Waals surface area contributed by atoms with Crippen LogP contribution in [0.5, 0.6) is 0 Å². The van der Waals surface area contributed by atoms with Crippen molar-refractivity contribution in [3.63, 3.8) is 0 Å². The molecule has 0 saturated carbocycles. The smallest absolute Gasteiger partial charge is 0.345 e. The molecule has 5 nitrogen and oxygen atoms in total. The van der Waals surface area contributed by atoms with E-state index in [0.717, 1.165) is 18.4 Å². The van der Waals surface area contributed by atoms with Crippen LogP contribution in [0.1, 0.15) is 29.3 Å². The summed E-state index contributed by atoms with van der Waals surface area (Å²) in [6.07, 6.45) is 1.79. The molecule has 0 fully saturated rings. The highest BCUT2D eigenvalue weighted by Crippen LogP contribution is 2.31. The van der Waals surface area contributed by atoms with E-state index in [0.29, 0.717) is 16.6 Å². The number of anilines is 1. The third-order valence-corrected chi connectivity index (χ3v) is 4.54. The van der Waals surface area contributed by atoms with Crippen molar-refractivity contribution >= 4 is 23.5 Å². The first-order chi connectivity index (χ1) is 13.1. The van der Waals surface area contributed by atoms with E-state index in [1.54, 1.807) is 24.3 Å². The van der Waals surface area contributed by atoms with Crippen LogP contribution in [-0.4, -0.2) is 24.3 Å². The van der Waals surface area contributed by atoms with Crippen LogP contribution in [-0.2, 0) is 11.2 Å². The van der Waals surface area contributed by atoms with E-state index >= 15 is 0 Å². The summed E-state index contributed by atoms with van der Waals surface area (Å²) in [5.74, 6) is -0.189. The van der Waals surface area contributed by atoms with E-state index in [-0.39, 0.29) is 11.6 Å². The van der Waals surface area contributed by atoms with E-state index in [2.05, 4.69) is 22.6 Å². The summed E-state index contributed by atoms with van der Waals surface area (Å²) < 4.78 is 10.4. The van der Waals surface area contributed by atoms with Gasteiger partial charge in [0.25, 0.3) is 0 Å². The fourth-order valence-corrected chi connectivity index (χ4v) is 2.93. The van der Waals surface area contributed by atoms with Gasteiger partial charge in [0.1, 0.15) is 5.69 Å². The molecule has 0 aliphatic rings. The number of aromatic nitrogens is 1. The SMILES string of the molecule is COC(=O)c1c(-c2ccc(Cl)cc2)noc1NC(C)CCc1ccccc1. The fraction of sp³-hybridized carbons (Fsp3) is 0.238. The van der Waals surface area contributed by atoms with Gasteiger partial charge in [-0.3, -0.25) is 0 Å². The van der Waals surface area contributed by atoms with Gasteiger partial charge in [-0.05, 0) is 37.5 Å². The van der Waals surface area contributed by atoms with Crippen LogP contribution >= 0.6 is 11.6 Å². The number of carbonyl (C=O) groups excluding carboxylic acids is 1. The molecule has 0 spiro atoms. The number of hydrogen-bond donors (Lipinski definition) is 1. The third-order valence-electron chi connectivity index (χ3n) is 4.29. The topological polar surface area (TPSA) is 64.4 Å². The molecule has 3 rings (SSSR count). The molecular formula is C21H21ClN2O3. The number of rotatable bonds is 7. The number of nitrogens with one attached hydrogen (secondary N) is 1. The van der Waals surface area contributed by atoms with E-state index in [1.807, 2.05) is 25.1 Å². The number of esters is 1. The van der Waals surface area contributed by atoms with Gasteiger partial charge in [0.2, 0.25) is 5.88 Å². The van der Waals surface area contributed by atoms with E-state index in [4.69, 9.17) is 20.9 Å². The first-order valence-corrected chi connectivity index (χ1v) is 9.10. The van der Waals surface area contributed by atoms with E-state index in [1.165, 1.54) is 12.7 Å². The lowest BCUT2D eigenvalue weighted by molar-refractivity contribution is 0.0602. The summed E-state index contributed by atoms with van der Waals surface area (Å²) >= 11 is 5.94. The highest BCUT2D eigenvalue weighted by atomic mass is 35.5. The largest absolute Gasteiger partial charge is 0.465 e. The van der Waals surface area contributed by atoms with Crippen molar-refractivity contribution in [2.75, 3.05) is 12.4 Å². The predicted octanol–water partition coefficient (Wildman–Crippen LogP) is 5.21. The molecule has 0 aliphatic carbocycles. The second-order valence-electron chi connectivity index (χ2n) is 6.30. The number of benzene rings is 2. The molecule has 2 aromatic carbocycles. The van der Waals surface area contributed by atoms with Gasteiger partial charge in [-0.25, -0.2) is 4.79 Å². The Morgan fingerprint density at radius 3 is 2.56 bits per heavy atom. The van der Waals surface area contributed by atoms with Crippen molar-refractivity contribution in [2.45, 2.75) is 25.8 Å². The lowest BCUT2D eigenvalue weighted by atomic mass is 10.1. The van der Waals surface area contributed by atoms with Crippen LogP contribution in [0.4, 0.5) is 5.88 Å². The summed E-state index contributed by atoms with van der Waals surface area (Å²) in [5, 5.41) is 7.92. The minimum absolute atomic E-state index is 0.0830. The van der Waals surface area contributed by atoms with Gasteiger partial charge >= 0.3 is 5.97 Å². The zero-order valence-corrected chi connectivity index (χ0v) is 16.0. The van der Waals surface area contributed by atoms with E-state index < -0.39 is 5.97 Å². The normalized spacial score (nSPS) is 11.8. The Labute approximate surface area is 163 Å². The second kappa shape index (κ2) is 8.73. The average Bonchev–Trinajstić information content (AvgIpc) is 3.10. The molecule has 6 heteroatoms. The summed E-state index contributed by atoms with van der Waals surface area (Å²) in [6.45, 7) is 2.04. The maximum absolute atomic E-state index is 12.3. The first-order valence-electron chi connectivity index (χ1n) is 8.73. The molecule has 1 atom stereocenters. The van der Waals surface area contributed by atoms with Gasteiger partial charge in [0.05, 0.1) is 7.11 Å². The Morgan fingerprint density at radius 1 is 1.19 bits per heavy atom. The maximum atomic E-state index is 12.3. The van der Waals surface area contributed by atoms with Crippen molar-refractivity contribution in [3.8, 4) is 11.3 Å². The fourth-order valence-electron chi connectivity index (χ4n) is 2.81. The molecule has 1 unspecified atom stereocenters. The molecule has 27 heavy (non-hydrogen) atoms. The highest BCUT2D eigenvalue weighted by molar-refractivity contribution is 6.30. The monoisotopic (exact) mass is 384 g/mol. The minimum atomic E-state index is -0.501. The molecule has 0 amide bonds. The summed E-state index contributed by atoms with van der Waals surface area (Å²) in [4.78, 5) is 12.3. The van der Waals surface area contributed by atoms with Gasteiger partial charge in [0, 0.05) is 16.6 Å². The van der Waals surface area contributed by atoms with Crippen molar-refractivity contribution in [3.05, 3.63) is 70.7 Å². The number of aryl methyl sites for hydroxylation is 1. The lowest BCUT2D eigenvalue weighted by Crippen LogP contribution is -2.18. The van der Waals surface area contributed by atoms with E-state index in [9.17, 15) is 4.79 Å². The van der Waals surface area contributed by atoms with Gasteiger partial charge in [-0.1, -0.05) is 59.2 Å². The zero-order valence-electron chi connectivity index (χ0n) is 15.2. The van der Waals surface area contributed by atoms with Gasteiger partial charge in [0.15, 0.2) is 5.56 Å². The number of hydrogen-bond acceptors (Lipinski definition) is 5. The average molecular weight is 385 g/mol. The van der Waals surface area contributed by atoms with Crippen LogP contribution in [0.2, 0.25) is 5.02 Å². The summed E-state index contributed by atoms with van der Waals surface area (Å²) in [7, 11) is 1.34. The lowest BCUT2D eigenvalue weighted by Gasteiger charge is -2.13. The highest BCUT2D eigenvalue weighted by Gasteiger charge is 2.25. The Kier molecular flexibility index (Phi) is 6.14. The molecule has 0 saturated heterocycles. The molecule has 1 N–H and O–H groups in total. The number of nitrogens with zero attached hydrogens (tertiary/aromatic N) is 1. The summed E-state index contributed by atoms with van der Waals surface area (Å²) in [6, 6.07) is 17.4. The Balaban J connectivity index is 1.78.